The van der Waals surface area contributed by atoms with Gasteiger partial charge in [-0.05, 0) is 62.8 Å². The number of guanidine groups is 1. The van der Waals surface area contributed by atoms with Gasteiger partial charge in [0.2, 0.25) is 23.6 Å². The number of rotatable bonds is 19. The molecule has 0 fully saturated rings. The monoisotopic (exact) mass is 579 g/mol. The number of nitrogens with two attached hydrogens (primary N) is 5. The lowest BCUT2D eigenvalue weighted by molar-refractivity contribution is -0.142. The lowest BCUT2D eigenvalue weighted by Gasteiger charge is -2.25. The fourth-order valence-corrected chi connectivity index (χ4v) is 3.74. The molecule has 15 N–H and O–H groups in total. The maximum atomic E-state index is 13.2. The van der Waals surface area contributed by atoms with E-state index in [4.69, 9.17) is 28.7 Å². The minimum atomic E-state index is -1.51. The lowest BCUT2D eigenvalue weighted by atomic mass is 10.0. The highest BCUT2D eigenvalue weighted by atomic mass is 16.4. The van der Waals surface area contributed by atoms with E-state index in [2.05, 4.69) is 20.9 Å². The second-order valence-corrected chi connectivity index (χ2v) is 9.40. The molecule has 1 aromatic carbocycles. The SMILES string of the molecule is NCCCCC(NC(=O)C(CC(N)=O)NC(=O)C(CCCN=C(N)N)NC(=O)C(N)Cc1ccc(O)cc1)C(=O)O. The van der Waals surface area contributed by atoms with Crippen molar-refractivity contribution < 1.29 is 34.2 Å². The van der Waals surface area contributed by atoms with Crippen molar-refractivity contribution in [1.82, 2.24) is 16.0 Å². The number of nitrogens with zero attached hydrogens (tertiary/aromatic N) is 1. The number of phenolic OH excluding ortho intramolecular Hbond substituents is 1. The number of carbonyl (C=O) groups excluding carboxylic acids is 4. The molecule has 4 unspecified atom stereocenters. The molecule has 1 aromatic rings. The molecule has 0 aromatic heterocycles. The quantitative estimate of drug-likeness (QED) is 0.0443. The molecule has 16 heteroatoms. The Morgan fingerprint density at radius 2 is 1.37 bits per heavy atom. The average molecular weight is 580 g/mol. The number of phenols is 1. The van der Waals surface area contributed by atoms with E-state index in [1.165, 1.54) is 12.1 Å². The number of aliphatic carboxylic acids is 1. The second kappa shape index (κ2) is 18.0. The summed E-state index contributed by atoms with van der Waals surface area (Å²) < 4.78 is 0. The zero-order valence-electron chi connectivity index (χ0n) is 22.8. The molecular formula is C25H41N9O7. The second-order valence-electron chi connectivity index (χ2n) is 9.40. The first kappa shape index (κ1) is 34.6. The third kappa shape index (κ3) is 14.0. The first-order valence-corrected chi connectivity index (χ1v) is 13.0. The highest BCUT2D eigenvalue weighted by molar-refractivity contribution is 5.96. The van der Waals surface area contributed by atoms with Crippen LogP contribution in [0, 0.1) is 0 Å². The van der Waals surface area contributed by atoms with Crippen molar-refractivity contribution in [3.05, 3.63) is 29.8 Å². The van der Waals surface area contributed by atoms with Crippen LogP contribution in [0.3, 0.4) is 0 Å². The van der Waals surface area contributed by atoms with Crippen LogP contribution in [0.5, 0.6) is 5.75 Å². The molecule has 228 valence electrons. The van der Waals surface area contributed by atoms with Crippen LogP contribution in [0.2, 0.25) is 0 Å². The summed E-state index contributed by atoms with van der Waals surface area (Å²) in [5, 5.41) is 26.1. The predicted molar refractivity (Wildman–Crippen MR) is 150 cm³/mol. The van der Waals surface area contributed by atoms with E-state index >= 15 is 0 Å². The highest BCUT2D eigenvalue weighted by Gasteiger charge is 2.31. The van der Waals surface area contributed by atoms with Crippen LogP contribution in [-0.4, -0.2) is 83.0 Å². The van der Waals surface area contributed by atoms with Crippen molar-refractivity contribution in [3.8, 4) is 5.75 Å². The summed E-state index contributed by atoms with van der Waals surface area (Å²) in [5.41, 5.74) is 28.0. The van der Waals surface area contributed by atoms with Crippen molar-refractivity contribution in [1.29, 1.82) is 0 Å². The first-order valence-electron chi connectivity index (χ1n) is 13.0. The molecule has 4 amide bonds. The fraction of sp³-hybridized carbons (Fsp3) is 0.520. The maximum Gasteiger partial charge on any atom is 0.326 e. The van der Waals surface area contributed by atoms with Crippen LogP contribution in [0.25, 0.3) is 0 Å². The molecule has 0 spiro atoms. The molecular weight excluding hydrogens is 538 g/mol. The highest BCUT2D eigenvalue weighted by Crippen LogP contribution is 2.11. The van der Waals surface area contributed by atoms with Crippen molar-refractivity contribution >= 4 is 35.6 Å². The van der Waals surface area contributed by atoms with Crippen LogP contribution < -0.4 is 44.6 Å². The van der Waals surface area contributed by atoms with E-state index in [9.17, 15) is 34.2 Å². The van der Waals surface area contributed by atoms with E-state index < -0.39 is 60.2 Å². The maximum absolute atomic E-state index is 13.2. The summed E-state index contributed by atoms with van der Waals surface area (Å²) in [4.78, 5) is 66.0. The number of nitrogens with one attached hydrogen (secondary N) is 3. The van der Waals surface area contributed by atoms with E-state index in [-0.39, 0.29) is 43.9 Å². The number of aromatic hydroxyl groups is 1. The zero-order valence-corrected chi connectivity index (χ0v) is 22.8. The van der Waals surface area contributed by atoms with Gasteiger partial charge in [-0.3, -0.25) is 24.2 Å². The number of carboxylic acids is 1. The minimum absolute atomic E-state index is 0.0298. The van der Waals surface area contributed by atoms with Gasteiger partial charge in [0, 0.05) is 6.54 Å². The van der Waals surface area contributed by atoms with Gasteiger partial charge < -0.3 is 54.8 Å². The third-order valence-corrected chi connectivity index (χ3v) is 5.91. The molecule has 0 bridgehead atoms. The zero-order chi connectivity index (χ0) is 30.9. The van der Waals surface area contributed by atoms with Crippen molar-refractivity contribution in [2.24, 2.45) is 33.7 Å². The van der Waals surface area contributed by atoms with E-state index in [0.29, 0.717) is 24.9 Å². The third-order valence-electron chi connectivity index (χ3n) is 5.91. The summed E-state index contributed by atoms with van der Waals surface area (Å²) >= 11 is 0. The van der Waals surface area contributed by atoms with Crippen molar-refractivity contribution in [3.63, 3.8) is 0 Å². The number of carboxylic acid groups (broad SMARTS) is 1. The number of unbranched alkanes of at least 4 members (excludes halogenated alkanes) is 1. The van der Waals surface area contributed by atoms with E-state index in [1.54, 1.807) is 12.1 Å². The number of aliphatic imine (C=N–C) groups is 1. The fourth-order valence-electron chi connectivity index (χ4n) is 3.74. The number of amides is 4. The number of benzene rings is 1. The summed E-state index contributed by atoms with van der Waals surface area (Å²) in [6, 6.07) is 0.986. The minimum Gasteiger partial charge on any atom is -0.508 e. The molecule has 0 radical (unpaired) electrons. The van der Waals surface area contributed by atoms with Crippen LogP contribution in [0.1, 0.15) is 44.1 Å². The average Bonchev–Trinajstić information content (AvgIpc) is 2.89. The summed E-state index contributed by atoms with van der Waals surface area (Å²) in [6.45, 7) is 0.478. The van der Waals surface area contributed by atoms with Gasteiger partial charge in [0.1, 0.15) is 23.9 Å². The summed E-state index contributed by atoms with van der Waals surface area (Å²) in [6.07, 6.45) is 0.800. The van der Waals surface area contributed by atoms with Crippen LogP contribution in [-0.2, 0) is 30.4 Å². The van der Waals surface area contributed by atoms with Crippen LogP contribution in [0.15, 0.2) is 29.3 Å². The topological polar surface area (TPSA) is 304 Å². The normalized spacial score (nSPS) is 13.6. The Morgan fingerprint density at radius 1 is 0.805 bits per heavy atom. The van der Waals surface area contributed by atoms with Gasteiger partial charge in [0.15, 0.2) is 5.96 Å². The number of carbonyl (C=O) groups is 5. The standard InChI is InChI=1S/C25H41N9O7/c26-10-2-1-4-18(24(40)41)33-23(39)19(13-20(28)36)34-22(38)17(5-3-11-31-25(29)30)32-21(37)16(27)12-14-6-8-15(35)9-7-14/h6-9,16-19,35H,1-5,10-13,26-27H2,(H2,28,36)(H,32,37)(H,33,39)(H,34,38)(H,40,41)(H4,29,30,31). The lowest BCUT2D eigenvalue weighted by Crippen LogP contribution is -2.57. The summed E-state index contributed by atoms with van der Waals surface area (Å²) in [7, 11) is 0. The Labute approximate surface area is 237 Å². The van der Waals surface area contributed by atoms with E-state index in [0.717, 1.165) is 0 Å². The van der Waals surface area contributed by atoms with Gasteiger partial charge in [-0.2, -0.15) is 0 Å². The van der Waals surface area contributed by atoms with Gasteiger partial charge in [0.05, 0.1) is 12.5 Å². The van der Waals surface area contributed by atoms with Crippen molar-refractivity contribution in [2.45, 2.75) is 69.1 Å². The molecule has 16 nitrogen and oxygen atoms in total. The first-order chi connectivity index (χ1) is 19.3. The molecule has 0 saturated carbocycles. The Bertz CT molecular complexity index is 1060. The van der Waals surface area contributed by atoms with Crippen molar-refractivity contribution in [2.75, 3.05) is 13.1 Å². The Morgan fingerprint density at radius 3 is 1.93 bits per heavy atom. The van der Waals surface area contributed by atoms with Crippen LogP contribution in [0.4, 0.5) is 0 Å². The summed E-state index contributed by atoms with van der Waals surface area (Å²) in [5.74, 6) is -4.80. The van der Waals surface area contributed by atoms with Gasteiger partial charge in [-0.1, -0.05) is 12.1 Å². The molecule has 4 atom stereocenters. The predicted octanol–water partition coefficient (Wildman–Crippen LogP) is -3.14. The molecule has 0 aliphatic heterocycles. The van der Waals surface area contributed by atoms with Gasteiger partial charge in [-0.15, -0.1) is 0 Å². The van der Waals surface area contributed by atoms with Crippen LogP contribution >= 0.6 is 0 Å². The van der Waals surface area contributed by atoms with Gasteiger partial charge >= 0.3 is 5.97 Å². The molecule has 0 saturated heterocycles. The number of hydrogen-bond donors (Lipinski definition) is 10. The molecule has 0 heterocycles. The smallest absolute Gasteiger partial charge is 0.326 e. The molecule has 1 rings (SSSR count). The van der Waals surface area contributed by atoms with Gasteiger partial charge in [-0.25, -0.2) is 4.79 Å². The molecule has 41 heavy (non-hydrogen) atoms. The Kier molecular flexibility index (Phi) is 15.2. The number of primary amides is 1. The Balaban J connectivity index is 3.03. The van der Waals surface area contributed by atoms with Gasteiger partial charge in [0.25, 0.3) is 0 Å². The number of hydrogen-bond acceptors (Lipinski definition) is 9. The molecule has 0 aliphatic rings. The molecule has 0 aliphatic carbocycles. The van der Waals surface area contributed by atoms with E-state index in [1.807, 2.05) is 0 Å². The largest absolute Gasteiger partial charge is 0.508 e. The Hall–Kier alpha value is -4.44.